The van der Waals surface area contributed by atoms with Gasteiger partial charge in [-0.05, 0) is 48.3 Å². The van der Waals surface area contributed by atoms with Crippen molar-refractivity contribution in [3.8, 4) is 5.75 Å². The molecule has 0 amide bonds. The minimum absolute atomic E-state index is 0.0126. The summed E-state index contributed by atoms with van der Waals surface area (Å²) in [4.78, 5) is 2.32. The highest BCUT2D eigenvalue weighted by Gasteiger charge is 2.40. The molecule has 2 N–H and O–H groups in total. The molecule has 0 spiro atoms. The van der Waals surface area contributed by atoms with Crippen molar-refractivity contribution in [2.75, 3.05) is 32.8 Å². The number of aliphatic hydroxyl groups excluding tert-OH is 1. The monoisotopic (exact) mass is 433 g/mol. The van der Waals surface area contributed by atoms with Gasteiger partial charge in [-0.15, -0.1) is 0 Å². The van der Waals surface area contributed by atoms with Gasteiger partial charge in [0.05, 0.1) is 0 Å². The van der Waals surface area contributed by atoms with E-state index in [1.54, 1.807) is 0 Å². The molecule has 4 nitrogen and oxygen atoms in total. The third-order valence-electron chi connectivity index (χ3n) is 6.20. The lowest BCUT2D eigenvalue weighted by Crippen LogP contribution is -2.35. The fourth-order valence-corrected chi connectivity index (χ4v) is 4.33. The van der Waals surface area contributed by atoms with Crippen molar-refractivity contribution in [3.05, 3.63) is 102 Å². The maximum absolute atomic E-state index is 12.2. The average Bonchev–Trinajstić information content (AvgIpc) is 2.86. The zero-order valence-corrected chi connectivity index (χ0v) is 19.2. The van der Waals surface area contributed by atoms with Crippen molar-refractivity contribution in [1.82, 2.24) is 4.90 Å². The SMILES string of the molecule is CCN(CC)CCOc1ccc(C(O)(c2ccccc2)C(CCO)c2ccccc2)cc1. The molecule has 3 aromatic carbocycles. The van der Waals surface area contributed by atoms with E-state index < -0.39 is 5.60 Å². The predicted octanol–water partition coefficient (Wildman–Crippen LogP) is 4.81. The van der Waals surface area contributed by atoms with Gasteiger partial charge in [-0.25, -0.2) is 0 Å². The Labute approximate surface area is 192 Å². The maximum atomic E-state index is 12.2. The summed E-state index contributed by atoms with van der Waals surface area (Å²) < 4.78 is 5.94. The Morgan fingerprint density at radius 1 is 0.812 bits per heavy atom. The van der Waals surface area contributed by atoms with Crippen LogP contribution in [0.4, 0.5) is 0 Å². The molecule has 0 saturated carbocycles. The van der Waals surface area contributed by atoms with E-state index in [9.17, 15) is 10.2 Å². The van der Waals surface area contributed by atoms with Gasteiger partial charge in [-0.3, -0.25) is 0 Å². The highest BCUT2D eigenvalue weighted by atomic mass is 16.5. The first-order valence-corrected chi connectivity index (χ1v) is 11.5. The summed E-state index contributed by atoms with van der Waals surface area (Å²) in [6.07, 6.45) is 0.442. The van der Waals surface area contributed by atoms with E-state index in [2.05, 4.69) is 18.7 Å². The first kappa shape index (κ1) is 24.0. The van der Waals surface area contributed by atoms with Gasteiger partial charge in [0.2, 0.25) is 0 Å². The molecule has 4 heteroatoms. The third kappa shape index (κ3) is 5.57. The van der Waals surface area contributed by atoms with Gasteiger partial charge in [0.25, 0.3) is 0 Å². The molecule has 0 fully saturated rings. The number of aliphatic hydroxyl groups is 2. The Morgan fingerprint density at radius 3 is 1.94 bits per heavy atom. The fraction of sp³-hybridized carbons (Fsp3) is 0.357. The van der Waals surface area contributed by atoms with Crippen LogP contribution < -0.4 is 4.74 Å². The molecular formula is C28H35NO3. The Morgan fingerprint density at radius 2 is 1.38 bits per heavy atom. The van der Waals surface area contributed by atoms with E-state index in [1.807, 2.05) is 84.9 Å². The average molecular weight is 434 g/mol. The summed E-state index contributed by atoms with van der Waals surface area (Å²) in [6.45, 7) is 7.82. The molecule has 0 aliphatic carbocycles. The van der Waals surface area contributed by atoms with Gasteiger partial charge in [0.1, 0.15) is 18.0 Å². The lowest BCUT2D eigenvalue weighted by Gasteiger charge is -2.38. The maximum Gasteiger partial charge on any atom is 0.121 e. The minimum atomic E-state index is -1.29. The number of benzene rings is 3. The van der Waals surface area contributed by atoms with Crippen LogP contribution >= 0.6 is 0 Å². The molecular weight excluding hydrogens is 398 g/mol. The van der Waals surface area contributed by atoms with E-state index in [0.717, 1.165) is 42.1 Å². The van der Waals surface area contributed by atoms with E-state index in [-0.39, 0.29) is 12.5 Å². The Bertz CT molecular complexity index is 910. The van der Waals surface area contributed by atoms with Crippen LogP contribution in [0.3, 0.4) is 0 Å². The summed E-state index contributed by atoms with van der Waals surface area (Å²) >= 11 is 0. The van der Waals surface area contributed by atoms with Gasteiger partial charge in [-0.2, -0.15) is 0 Å². The molecule has 0 radical (unpaired) electrons. The Balaban J connectivity index is 1.92. The molecule has 3 aromatic rings. The van der Waals surface area contributed by atoms with Crippen LogP contribution in [0.2, 0.25) is 0 Å². The molecule has 0 aliphatic heterocycles. The number of hydrogen-bond donors (Lipinski definition) is 2. The van der Waals surface area contributed by atoms with Crippen molar-refractivity contribution in [2.24, 2.45) is 0 Å². The lowest BCUT2D eigenvalue weighted by molar-refractivity contribution is 0.0392. The normalized spacial score (nSPS) is 14.2. The highest BCUT2D eigenvalue weighted by molar-refractivity contribution is 5.43. The molecule has 0 heterocycles. The van der Waals surface area contributed by atoms with Crippen LogP contribution in [0.25, 0.3) is 0 Å². The second-order valence-corrected chi connectivity index (χ2v) is 8.01. The molecule has 0 aromatic heterocycles. The van der Waals surface area contributed by atoms with Crippen molar-refractivity contribution in [3.63, 3.8) is 0 Å². The van der Waals surface area contributed by atoms with Gasteiger partial charge in [-0.1, -0.05) is 86.6 Å². The molecule has 0 saturated heterocycles. The van der Waals surface area contributed by atoms with Crippen LogP contribution in [0.15, 0.2) is 84.9 Å². The van der Waals surface area contributed by atoms with Gasteiger partial charge in [0.15, 0.2) is 0 Å². The molecule has 2 unspecified atom stereocenters. The molecule has 2 atom stereocenters. The van der Waals surface area contributed by atoms with Crippen LogP contribution in [-0.4, -0.2) is 48.0 Å². The molecule has 0 bridgehead atoms. The summed E-state index contributed by atoms with van der Waals surface area (Å²) in [7, 11) is 0. The zero-order chi connectivity index (χ0) is 22.8. The smallest absolute Gasteiger partial charge is 0.121 e. The number of likely N-dealkylation sites (N-methyl/N-ethyl adjacent to an activating group) is 1. The van der Waals surface area contributed by atoms with Crippen LogP contribution in [0.1, 0.15) is 42.9 Å². The van der Waals surface area contributed by atoms with Crippen molar-refractivity contribution < 1.29 is 14.9 Å². The van der Waals surface area contributed by atoms with Gasteiger partial charge < -0.3 is 19.8 Å². The molecule has 170 valence electrons. The topological polar surface area (TPSA) is 52.9 Å². The zero-order valence-electron chi connectivity index (χ0n) is 19.2. The Hall–Kier alpha value is -2.66. The van der Waals surface area contributed by atoms with Crippen molar-refractivity contribution in [1.29, 1.82) is 0 Å². The summed E-state index contributed by atoms with van der Waals surface area (Å²) in [6, 6.07) is 27.4. The van der Waals surface area contributed by atoms with Gasteiger partial charge >= 0.3 is 0 Å². The van der Waals surface area contributed by atoms with E-state index in [0.29, 0.717) is 13.0 Å². The highest BCUT2D eigenvalue weighted by Crippen LogP contribution is 2.44. The largest absolute Gasteiger partial charge is 0.492 e. The molecule has 0 aliphatic rings. The van der Waals surface area contributed by atoms with Crippen LogP contribution in [-0.2, 0) is 5.60 Å². The van der Waals surface area contributed by atoms with Crippen molar-refractivity contribution in [2.45, 2.75) is 31.8 Å². The standard InChI is InChI=1S/C28H35NO3/c1-3-29(4-2)20-22-32-26-17-15-25(16-18-26)28(31,24-13-9-6-10-14-24)27(19-21-30)23-11-7-5-8-12-23/h5-18,27,30-31H,3-4,19-22H2,1-2H3. The lowest BCUT2D eigenvalue weighted by atomic mass is 9.71. The minimum Gasteiger partial charge on any atom is -0.492 e. The number of hydrogen-bond acceptors (Lipinski definition) is 4. The third-order valence-corrected chi connectivity index (χ3v) is 6.20. The first-order valence-electron chi connectivity index (χ1n) is 11.5. The number of ether oxygens (including phenoxy) is 1. The quantitative estimate of drug-likeness (QED) is 0.430. The van der Waals surface area contributed by atoms with Gasteiger partial charge in [0, 0.05) is 19.1 Å². The summed E-state index contributed by atoms with van der Waals surface area (Å²) in [5.41, 5.74) is 1.29. The van der Waals surface area contributed by atoms with Crippen LogP contribution in [0, 0.1) is 0 Å². The van der Waals surface area contributed by atoms with Crippen LogP contribution in [0.5, 0.6) is 5.75 Å². The molecule has 3 rings (SSSR count). The van der Waals surface area contributed by atoms with E-state index >= 15 is 0 Å². The summed E-state index contributed by atoms with van der Waals surface area (Å²) in [5.74, 6) is 0.486. The predicted molar refractivity (Wildman–Crippen MR) is 130 cm³/mol. The Kier molecular flexibility index (Phi) is 8.86. The number of rotatable bonds is 12. The first-order chi connectivity index (χ1) is 15.6. The molecule has 32 heavy (non-hydrogen) atoms. The second kappa shape index (κ2) is 11.8. The fourth-order valence-electron chi connectivity index (χ4n) is 4.33. The summed E-state index contributed by atoms with van der Waals surface area (Å²) in [5, 5.41) is 22.1. The van der Waals surface area contributed by atoms with E-state index in [1.165, 1.54) is 0 Å². The van der Waals surface area contributed by atoms with E-state index in [4.69, 9.17) is 4.74 Å². The number of nitrogens with zero attached hydrogens (tertiary/aromatic N) is 1. The second-order valence-electron chi connectivity index (χ2n) is 8.01. The van der Waals surface area contributed by atoms with Crippen molar-refractivity contribution >= 4 is 0 Å².